The smallest absolute Gasteiger partial charge is 0.270 e. The Morgan fingerprint density at radius 3 is 2.64 bits per heavy atom. The highest BCUT2D eigenvalue weighted by Gasteiger charge is 2.07. The number of pyridine rings is 2. The summed E-state index contributed by atoms with van der Waals surface area (Å²) in [4.78, 5) is 20.7. The Balaban J connectivity index is 1.53. The van der Waals surface area contributed by atoms with E-state index >= 15 is 0 Å². The second-order valence-electron chi connectivity index (χ2n) is 5.78. The topological polar surface area (TPSA) is 66.9 Å². The molecule has 2 heterocycles. The van der Waals surface area contributed by atoms with Crippen LogP contribution in [-0.2, 0) is 13.1 Å². The molecule has 5 nitrogen and oxygen atoms in total. The first-order valence-corrected chi connectivity index (χ1v) is 8.14. The molecule has 3 rings (SSSR count). The number of anilines is 1. The van der Waals surface area contributed by atoms with Crippen molar-refractivity contribution in [3.63, 3.8) is 0 Å². The molecular formula is C20H20N4O. The zero-order chi connectivity index (χ0) is 17.5. The Kier molecular flexibility index (Phi) is 5.36. The van der Waals surface area contributed by atoms with Crippen molar-refractivity contribution in [3.8, 4) is 0 Å². The average Bonchev–Trinajstić information content (AvgIpc) is 2.66. The van der Waals surface area contributed by atoms with Gasteiger partial charge in [0.1, 0.15) is 5.69 Å². The molecule has 0 bridgehead atoms. The van der Waals surface area contributed by atoms with Crippen LogP contribution in [0.4, 0.5) is 5.69 Å². The molecule has 0 saturated carbocycles. The second-order valence-corrected chi connectivity index (χ2v) is 5.78. The van der Waals surface area contributed by atoms with Gasteiger partial charge in [-0.2, -0.15) is 0 Å². The third kappa shape index (κ3) is 4.88. The van der Waals surface area contributed by atoms with E-state index in [0.717, 1.165) is 16.9 Å². The summed E-state index contributed by atoms with van der Waals surface area (Å²) in [5.74, 6) is -0.183. The van der Waals surface area contributed by atoms with Crippen LogP contribution in [0, 0.1) is 6.92 Å². The first-order chi connectivity index (χ1) is 12.2. The van der Waals surface area contributed by atoms with E-state index in [0.29, 0.717) is 18.8 Å². The van der Waals surface area contributed by atoms with Gasteiger partial charge in [-0.15, -0.1) is 0 Å². The van der Waals surface area contributed by atoms with Gasteiger partial charge in [-0.05, 0) is 36.8 Å². The zero-order valence-electron chi connectivity index (χ0n) is 14.1. The maximum Gasteiger partial charge on any atom is 0.270 e. The molecule has 2 N–H and O–H groups in total. The van der Waals surface area contributed by atoms with Crippen LogP contribution in [0.1, 0.15) is 27.3 Å². The lowest BCUT2D eigenvalue weighted by Crippen LogP contribution is -2.23. The van der Waals surface area contributed by atoms with Crippen LogP contribution in [0.3, 0.4) is 0 Å². The minimum atomic E-state index is -0.183. The molecule has 0 spiro atoms. The Bertz CT molecular complexity index is 832. The molecule has 0 saturated heterocycles. The van der Waals surface area contributed by atoms with E-state index in [1.165, 1.54) is 5.56 Å². The van der Waals surface area contributed by atoms with E-state index in [4.69, 9.17) is 0 Å². The van der Waals surface area contributed by atoms with E-state index < -0.39 is 0 Å². The molecule has 126 valence electrons. The van der Waals surface area contributed by atoms with Gasteiger partial charge in [0.2, 0.25) is 0 Å². The third-order valence-corrected chi connectivity index (χ3v) is 3.73. The van der Waals surface area contributed by atoms with Crippen LogP contribution < -0.4 is 10.6 Å². The summed E-state index contributed by atoms with van der Waals surface area (Å²) in [7, 11) is 0. The second kappa shape index (κ2) is 8.06. The minimum Gasteiger partial charge on any atom is -0.378 e. The first-order valence-electron chi connectivity index (χ1n) is 8.14. The number of rotatable bonds is 6. The first kappa shape index (κ1) is 16.6. The van der Waals surface area contributed by atoms with Crippen molar-refractivity contribution in [3.05, 3.63) is 89.5 Å². The van der Waals surface area contributed by atoms with Crippen molar-refractivity contribution < 1.29 is 4.79 Å². The lowest BCUT2D eigenvalue weighted by molar-refractivity contribution is 0.0946. The molecule has 0 fully saturated rings. The molecule has 0 radical (unpaired) electrons. The van der Waals surface area contributed by atoms with Crippen LogP contribution in [0.25, 0.3) is 0 Å². The number of nitrogens with zero attached hydrogens (tertiary/aromatic N) is 2. The molecule has 2 aromatic heterocycles. The zero-order valence-corrected chi connectivity index (χ0v) is 14.1. The fourth-order valence-electron chi connectivity index (χ4n) is 2.42. The molecule has 0 aliphatic carbocycles. The fraction of sp³-hybridized carbons (Fsp3) is 0.150. The molecular weight excluding hydrogens is 312 g/mol. The maximum atomic E-state index is 12.2. The van der Waals surface area contributed by atoms with Crippen LogP contribution >= 0.6 is 0 Å². The van der Waals surface area contributed by atoms with Crippen molar-refractivity contribution in [2.75, 3.05) is 5.32 Å². The van der Waals surface area contributed by atoms with E-state index in [-0.39, 0.29) is 5.91 Å². The monoisotopic (exact) mass is 332 g/mol. The maximum absolute atomic E-state index is 12.2. The molecule has 25 heavy (non-hydrogen) atoms. The summed E-state index contributed by atoms with van der Waals surface area (Å²) in [6, 6.07) is 17.4. The molecule has 0 unspecified atom stereocenters. The van der Waals surface area contributed by atoms with E-state index in [9.17, 15) is 4.79 Å². The molecule has 1 amide bonds. The number of hydrogen-bond donors (Lipinski definition) is 2. The van der Waals surface area contributed by atoms with Gasteiger partial charge in [-0.25, -0.2) is 4.98 Å². The summed E-state index contributed by atoms with van der Waals surface area (Å²) in [6.07, 6.45) is 3.42. The largest absolute Gasteiger partial charge is 0.378 e. The SMILES string of the molecule is Cc1cccc(CNC(=O)c2ccc(NCc3ccccn3)cn2)c1. The Morgan fingerprint density at radius 2 is 1.92 bits per heavy atom. The summed E-state index contributed by atoms with van der Waals surface area (Å²) in [6.45, 7) is 3.13. The van der Waals surface area contributed by atoms with Gasteiger partial charge in [0.25, 0.3) is 5.91 Å². The number of carbonyl (C=O) groups is 1. The quantitative estimate of drug-likeness (QED) is 0.726. The molecule has 0 aliphatic rings. The van der Waals surface area contributed by atoms with Crippen LogP contribution in [0.5, 0.6) is 0 Å². The van der Waals surface area contributed by atoms with Crippen molar-refractivity contribution in [2.24, 2.45) is 0 Å². The summed E-state index contributed by atoms with van der Waals surface area (Å²) >= 11 is 0. The van der Waals surface area contributed by atoms with Gasteiger partial charge in [0.05, 0.1) is 24.1 Å². The van der Waals surface area contributed by atoms with E-state index in [1.807, 2.05) is 49.4 Å². The van der Waals surface area contributed by atoms with Crippen molar-refractivity contribution in [1.82, 2.24) is 15.3 Å². The predicted octanol–water partition coefficient (Wildman–Crippen LogP) is 3.33. The van der Waals surface area contributed by atoms with Crippen molar-refractivity contribution >= 4 is 11.6 Å². The number of benzene rings is 1. The highest BCUT2D eigenvalue weighted by Crippen LogP contribution is 2.09. The van der Waals surface area contributed by atoms with Crippen LogP contribution in [0.15, 0.2) is 67.0 Å². The average molecular weight is 332 g/mol. The van der Waals surface area contributed by atoms with Gasteiger partial charge in [-0.1, -0.05) is 35.9 Å². The van der Waals surface area contributed by atoms with Crippen LogP contribution in [0.2, 0.25) is 0 Å². The number of carbonyl (C=O) groups excluding carboxylic acids is 1. The molecule has 5 heteroatoms. The summed E-state index contributed by atoms with van der Waals surface area (Å²) in [5, 5.41) is 6.12. The molecule has 3 aromatic rings. The van der Waals surface area contributed by atoms with Crippen molar-refractivity contribution in [2.45, 2.75) is 20.0 Å². The normalized spacial score (nSPS) is 10.3. The lowest BCUT2D eigenvalue weighted by atomic mass is 10.1. The van der Waals surface area contributed by atoms with Gasteiger partial charge in [0.15, 0.2) is 0 Å². The van der Waals surface area contributed by atoms with Gasteiger partial charge < -0.3 is 10.6 Å². The standard InChI is InChI=1S/C20H20N4O/c1-15-5-4-6-16(11-15)12-24-20(25)19-9-8-18(14-23-19)22-13-17-7-2-3-10-21-17/h2-11,14,22H,12-13H2,1H3,(H,24,25). The number of aryl methyl sites for hydroxylation is 1. The summed E-state index contributed by atoms with van der Waals surface area (Å²) in [5.41, 5.74) is 4.44. The minimum absolute atomic E-state index is 0.183. The fourth-order valence-corrected chi connectivity index (χ4v) is 2.42. The van der Waals surface area contributed by atoms with E-state index in [1.54, 1.807) is 18.5 Å². The third-order valence-electron chi connectivity index (χ3n) is 3.73. The molecule has 0 aliphatic heterocycles. The summed E-state index contributed by atoms with van der Waals surface area (Å²) < 4.78 is 0. The van der Waals surface area contributed by atoms with Crippen molar-refractivity contribution in [1.29, 1.82) is 0 Å². The van der Waals surface area contributed by atoms with Gasteiger partial charge >= 0.3 is 0 Å². The predicted molar refractivity (Wildman–Crippen MR) is 98.1 cm³/mol. The van der Waals surface area contributed by atoms with E-state index in [2.05, 4.69) is 26.7 Å². The lowest BCUT2D eigenvalue weighted by Gasteiger charge is -2.08. The van der Waals surface area contributed by atoms with Gasteiger partial charge in [0, 0.05) is 12.7 Å². The Morgan fingerprint density at radius 1 is 1.00 bits per heavy atom. The highest BCUT2D eigenvalue weighted by molar-refractivity contribution is 5.92. The molecule has 1 aromatic carbocycles. The number of hydrogen-bond acceptors (Lipinski definition) is 4. The number of amides is 1. The van der Waals surface area contributed by atoms with Crippen LogP contribution in [-0.4, -0.2) is 15.9 Å². The Labute approximate surface area is 147 Å². The number of nitrogens with one attached hydrogen (secondary N) is 2. The number of aromatic nitrogens is 2. The highest BCUT2D eigenvalue weighted by atomic mass is 16.1. The molecule has 0 atom stereocenters. The Hall–Kier alpha value is -3.21. The van der Waals surface area contributed by atoms with Gasteiger partial charge in [-0.3, -0.25) is 9.78 Å².